The first-order valence-corrected chi connectivity index (χ1v) is 6.37. The lowest BCUT2D eigenvalue weighted by Crippen LogP contribution is -2.32. The maximum Gasteiger partial charge on any atom is 0.0838 e. The van der Waals surface area contributed by atoms with Gasteiger partial charge in [0.25, 0.3) is 0 Å². The first-order valence-electron chi connectivity index (χ1n) is 6.37. The summed E-state index contributed by atoms with van der Waals surface area (Å²) in [6, 6.07) is 10.2. The van der Waals surface area contributed by atoms with Gasteiger partial charge < -0.3 is 9.84 Å². The fraction of sp³-hybridized carbons (Fsp3) is 0.467. The molecule has 1 N–H and O–H groups in total. The van der Waals surface area contributed by atoms with Crippen LogP contribution in [0.5, 0.6) is 0 Å². The Morgan fingerprint density at radius 1 is 1.18 bits per heavy atom. The molecule has 0 amide bonds. The van der Waals surface area contributed by atoms with Crippen LogP contribution in [0.15, 0.2) is 36.4 Å². The van der Waals surface area contributed by atoms with Gasteiger partial charge in [-0.2, -0.15) is 0 Å². The van der Waals surface area contributed by atoms with E-state index in [9.17, 15) is 5.11 Å². The van der Waals surface area contributed by atoms with E-state index < -0.39 is 0 Å². The van der Waals surface area contributed by atoms with Crippen molar-refractivity contribution in [3.63, 3.8) is 0 Å². The van der Waals surface area contributed by atoms with Gasteiger partial charge in [-0.15, -0.1) is 0 Å². The molecule has 1 aromatic rings. The molecule has 0 spiro atoms. The highest BCUT2D eigenvalue weighted by molar-refractivity contribution is 5.48. The molecule has 2 nitrogen and oxygen atoms in total. The van der Waals surface area contributed by atoms with E-state index in [0.717, 1.165) is 19.3 Å². The number of benzene rings is 1. The van der Waals surface area contributed by atoms with Crippen LogP contribution in [0.1, 0.15) is 31.2 Å². The van der Waals surface area contributed by atoms with Crippen molar-refractivity contribution in [1.29, 1.82) is 0 Å². The Morgan fingerprint density at radius 2 is 1.94 bits per heavy atom. The Bertz CT molecular complexity index is 345. The molecule has 0 unspecified atom stereocenters. The fourth-order valence-corrected chi connectivity index (χ4v) is 2.20. The third kappa shape index (κ3) is 3.99. The Labute approximate surface area is 103 Å². The van der Waals surface area contributed by atoms with Gasteiger partial charge in [0, 0.05) is 0 Å². The first kappa shape index (κ1) is 12.3. The molecule has 0 radical (unpaired) electrons. The molecule has 2 atom stereocenters. The van der Waals surface area contributed by atoms with Gasteiger partial charge in [0.05, 0.1) is 18.8 Å². The van der Waals surface area contributed by atoms with E-state index in [-0.39, 0.29) is 12.2 Å². The van der Waals surface area contributed by atoms with Gasteiger partial charge in [0.2, 0.25) is 0 Å². The number of rotatable bonds is 4. The van der Waals surface area contributed by atoms with E-state index in [4.69, 9.17) is 4.74 Å². The van der Waals surface area contributed by atoms with E-state index in [2.05, 4.69) is 18.2 Å². The molecule has 2 heteroatoms. The molecule has 17 heavy (non-hydrogen) atoms. The van der Waals surface area contributed by atoms with Gasteiger partial charge in [-0.05, 0) is 18.4 Å². The van der Waals surface area contributed by atoms with Gasteiger partial charge in [0.15, 0.2) is 0 Å². The second-order valence-electron chi connectivity index (χ2n) is 4.54. The zero-order chi connectivity index (χ0) is 11.9. The zero-order valence-corrected chi connectivity index (χ0v) is 10.1. The molecule has 2 rings (SSSR count). The van der Waals surface area contributed by atoms with Crippen molar-refractivity contribution < 1.29 is 9.84 Å². The molecule has 1 aliphatic rings. The molecule has 0 saturated heterocycles. The van der Waals surface area contributed by atoms with Crippen molar-refractivity contribution in [2.75, 3.05) is 6.61 Å². The summed E-state index contributed by atoms with van der Waals surface area (Å²) in [6.07, 6.45) is 7.99. The molecule has 0 aromatic heterocycles. The topological polar surface area (TPSA) is 29.5 Å². The Morgan fingerprint density at radius 3 is 2.71 bits per heavy atom. The second-order valence-corrected chi connectivity index (χ2v) is 4.54. The quantitative estimate of drug-likeness (QED) is 0.864. The average Bonchev–Trinajstić information content (AvgIpc) is 2.38. The van der Waals surface area contributed by atoms with Gasteiger partial charge in [-0.3, -0.25) is 0 Å². The molecule has 1 aliphatic carbocycles. The third-order valence-corrected chi connectivity index (χ3v) is 3.18. The SMILES string of the molecule is O[C@@H]1CCCC[C@H]1OC/C=C/c1ccccc1. The minimum Gasteiger partial charge on any atom is -0.390 e. The predicted molar refractivity (Wildman–Crippen MR) is 69.7 cm³/mol. The number of ether oxygens (including phenoxy) is 1. The van der Waals surface area contributed by atoms with Crippen LogP contribution in [0.4, 0.5) is 0 Å². The number of aliphatic hydroxyl groups excluding tert-OH is 1. The summed E-state index contributed by atoms with van der Waals surface area (Å²) in [5.41, 5.74) is 1.18. The van der Waals surface area contributed by atoms with Gasteiger partial charge in [-0.25, -0.2) is 0 Å². The van der Waals surface area contributed by atoms with Crippen molar-refractivity contribution in [1.82, 2.24) is 0 Å². The van der Waals surface area contributed by atoms with Crippen LogP contribution in [0.3, 0.4) is 0 Å². The van der Waals surface area contributed by atoms with Gasteiger partial charge >= 0.3 is 0 Å². The van der Waals surface area contributed by atoms with Crippen molar-refractivity contribution in [2.24, 2.45) is 0 Å². The van der Waals surface area contributed by atoms with Crippen LogP contribution in [0.2, 0.25) is 0 Å². The molecule has 0 bridgehead atoms. The molecule has 1 fully saturated rings. The van der Waals surface area contributed by atoms with Crippen molar-refractivity contribution >= 4 is 6.08 Å². The van der Waals surface area contributed by atoms with E-state index in [1.807, 2.05) is 24.3 Å². The summed E-state index contributed by atoms with van der Waals surface area (Å²) in [6.45, 7) is 0.580. The molecular weight excluding hydrogens is 212 g/mol. The third-order valence-electron chi connectivity index (χ3n) is 3.18. The summed E-state index contributed by atoms with van der Waals surface area (Å²) >= 11 is 0. The summed E-state index contributed by atoms with van der Waals surface area (Å²) in [4.78, 5) is 0. The highest BCUT2D eigenvalue weighted by atomic mass is 16.5. The fourth-order valence-electron chi connectivity index (χ4n) is 2.20. The van der Waals surface area contributed by atoms with Crippen LogP contribution in [-0.2, 0) is 4.74 Å². The highest BCUT2D eigenvalue weighted by Gasteiger charge is 2.22. The predicted octanol–water partition coefficient (Wildman–Crippen LogP) is 3.02. The largest absolute Gasteiger partial charge is 0.390 e. The second kappa shape index (κ2) is 6.58. The lowest BCUT2D eigenvalue weighted by atomic mass is 9.95. The lowest BCUT2D eigenvalue weighted by Gasteiger charge is -2.27. The molecular formula is C15H20O2. The Kier molecular flexibility index (Phi) is 4.77. The van der Waals surface area contributed by atoms with E-state index in [0.29, 0.717) is 6.61 Å². The van der Waals surface area contributed by atoms with Crippen LogP contribution >= 0.6 is 0 Å². The number of hydrogen-bond donors (Lipinski definition) is 1. The van der Waals surface area contributed by atoms with Crippen molar-refractivity contribution in [3.8, 4) is 0 Å². The summed E-state index contributed by atoms with van der Waals surface area (Å²) in [7, 11) is 0. The summed E-state index contributed by atoms with van der Waals surface area (Å²) in [5, 5.41) is 9.74. The number of aliphatic hydroxyl groups is 1. The molecule has 92 valence electrons. The summed E-state index contributed by atoms with van der Waals surface area (Å²) in [5.74, 6) is 0. The van der Waals surface area contributed by atoms with Crippen LogP contribution in [0.25, 0.3) is 6.08 Å². The average molecular weight is 232 g/mol. The first-order chi connectivity index (χ1) is 8.36. The zero-order valence-electron chi connectivity index (χ0n) is 10.1. The molecule has 1 saturated carbocycles. The monoisotopic (exact) mass is 232 g/mol. The molecule has 0 aliphatic heterocycles. The summed E-state index contributed by atoms with van der Waals surface area (Å²) < 4.78 is 5.68. The Balaban J connectivity index is 1.73. The van der Waals surface area contributed by atoms with Crippen molar-refractivity contribution in [2.45, 2.75) is 37.9 Å². The van der Waals surface area contributed by atoms with Crippen molar-refractivity contribution in [3.05, 3.63) is 42.0 Å². The van der Waals surface area contributed by atoms with Gasteiger partial charge in [-0.1, -0.05) is 55.3 Å². The smallest absolute Gasteiger partial charge is 0.0838 e. The van der Waals surface area contributed by atoms with Crippen LogP contribution < -0.4 is 0 Å². The highest BCUT2D eigenvalue weighted by Crippen LogP contribution is 2.20. The van der Waals surface area contributed by atoms with E-state index >= 15 is 0 Å². The van der Waals surface area contributed by atoms with Crippen LogP contribution in [-0.4, -0.2) is 23.9 Å². The molecule has 0 heterocycles. The minimum atomic E-state index is -0.270. The van der Waals surface area contributed by atoms with Gasteiger partial charge in [0.1, 0.15) is 0 Å². The number of hydrogen-bond acceptors (Lipinski definition) is 2. The molecule has 1 aromatic carbocycles. The van der Waals surface area contributed by atoms with E-state index in [1.54, 1.807) is 0 Å². The minimum absolute atomic E-state index is 0.0316. The van der Waals surface area contributed by atoms with Crippen LogP contribution in [0, 0.1) is 0 Å². The van der Waals surface area contributed by atoms with E-state index in [1.165, 1.54) is 12.0 Å². The lowest BCUT2D eigenvalue weighted by molar-refractivity contribution is -0.0488. The maximum absolute atomic E-state index is 9.74. The normalized spacial score (nSPS) is 25.2. The maximum atomic E-state index is 9.74. The Hall–Kier alpha value is -1.12. The standard InChI is InChI=1S/C15H20O2/c16-14-10-4-5-11-15(14)17-12-6-9-13-7-2-1-3-8-13/h1-3,6-9,14-16H,4-5,10-12H2/b9-6+/t14-,15-/m1/s1.